The van der Waals surface area contributed by atoms with Gasteiger partial charge in [0, 0.05) is 19.8 Å². The molecule has 28 heavy (non-hydrogen) atoms. The molecule has 11 heteroatoms. The maximum atomic E-state index is 12.9. The molecule has 0 bridgehead atoms. The van der Waals surface area contributed by atoms with Crippen molar-refractivity contribution < 1.29 is 19.1 Å². The number of fused-ring (bicyclic) bond motifs is 1. The molecule has 1 N–H and O–H groups in total. The molecule has 0 spiro atoms. The standard InChI is InChI=1S/C17H18N6O4S/c1-8-6-10(23-17(20-8)18-7-19-23)13(24)21-14-11(16(26)27-5)9(2)12(28-14)15(25)22(3)4/h6-7H,1-5H3,(H,21,24). The molecule has 0 aromatic carbocycles. The minimum atomic E-state index is -0.640. The van der Waals surface area contributed by atoms with Crippen LogP contribution in [0.25, 0.3) is 5.78 Å². The number of ether oxygens (including phenoxy) is 1. The van der Waals surface area contributed by atoms with Crippen LogP contribution >= 0.6 is 11.3 Å². The van der Waals surface area contributed by atoms with E-state index in [1.807, 2.05) is 0 Å². The van der Waals surface area contributed by atoms with Gasteiger partial charge in [0.15, 0.2) is 0 Å². The van der Waals surface area contributed by atoms with Gasteiger partial charge in [-0.3, -0.25) is 9.59 Å². The summed E-state index contributed by atoms with van der Waals surface area (Å²) in [4.78, 5) is 47.5. The first kappa shape index (κ1) is 19.4. The Morgan fingerprint density at radius 1 is 1.25 bits per heavy atom. The summed E-state index contributed by atoms with van der Waals surface area (Å²) in [6, 6.07) is 1.56. The predicted molar refractivity (Wildman–Crippen MR) is 102 cm³/mol. The highest BCUT2D eigenvalue weighted by molar-refractivity contribution is 7.18. The first-order valence-electron chi connectivity index (χ1n) is 8.16. The average molecular weight is 402 g/mol. The zero-order valence-corrected chi connectivity index (χ0v) is 16.7. The lowest BCUT2D eigenvalue weighted by molar-refractivity contribution is 0.0601. The molecule has 10 nitrogen and oxygen atoms in total. The number of carbonyl (C=O) groups excluding carboxylic acids is 3. The quantitative estimate of drug-likeness (QED) is 0.658. The van der Waals surface area contributed by atoms with Crippen LogP contribution in [0.4, 0.5) is 5.00 Å². The number of thiophene rings is 1. The van der Waals surface area contributed by atoms with Crippen LogP contribution in [0.2, 0.25) is 0 Å². The Morgan fingerprint density at radius 3 is 2.61 bits per heavy atom. The number of rotatable bonds is 4. The molecule has 0 saturated heterocycles. The fourth-order valence-corrected chi connectivity index (χ4v) is 3.83. The molecule has 0 aliphatic heterocycles. The maximum Gasteiger partial charge on any atom is 0.341 e. The molecule has 3 aromatic rings. The van der Waals surface area contributed by atoms with E-state index in [-0.39, 0.29) is 27.9 Å². The van der Waals surface area contributed by atoms with Gasteiger partial charge in [0.25, 0.3) is 17.6 Å². The highest BCUT2D eigenvalue weighted by atomic mass is 32.1. The van der Waals surface area contributed by atoms with E-state index in [9.17, 15) is 14.4 Å². The van der Waals surface area contributed by atoms with Gasteiger partial charge in [0.2, 0.25) is 0 Å². The summed E-state index contributed by atoms with van der Waals surface area (Å²) in [5.41, 5.74) is 1.38. The fourth-order valence-electron chi connectivity index (χ4n) is 2.62. The van der Waals surface area contributed by atoms with Crippen LogP contribution in [0.3, 0.4) is 0 Å². The van der Waals surface area contributed by atoms with Crippen LogP contribution in [0.1, 0.15) is 41.8 Å². The lowest BCUT2D eigenvalue weighted by atomic mass is 10.1. The molecule has 0 aliphatic carbocycles. The molecule has 0 fully saturated rings. The van der Waals surface area contributed by atoms with E-state index in [1.165, 1.54) is 22.9 Å². The molecule has 0 atom stereocenters. The van der Waals surface area contributed by atoms with Crippen LogP contribution in [0, 0.1) is 13.8 Å². The molecule has 0 radical (unpaired) electrons. The van der Waals surface area contributed by atoms with Crippen LogP contribution in [0.15, 0.2) is 12.4 Å². The third kappa shape index (κ3) is 3.31. The number of nitrogens with one attached hydrogen (secondary N) is 1. The van der Waals surface area contributed by atoms with Crippen molar-refractivity contribution in [3.05, 3.63) is 39.8 Å². The molecule has 0 unspecified atom stereocenters. The summed E-state index contributed by atoms with van der Waals surface area (Å²) < 4.78 is 6.13. The van der Waals surface area contributed by atoms with Gasteiger partial charge in [0.1, 0.15) is 17.0 Å². The smallest absolute Gasteiger partial charge is 0.341 e. The van der Waals surface area contributed by atoms with Gasteiger partial charge < -0.3 is 15.0 Å². The summed E-state index contributed by atoms with van der Waals surface area (Å²) in [5.74, 6) is -1.15. The minimum Gasteiger partial charge on any atom is -0.465 e. The number of esters is 1. The van der Waals surface area contributed by atoms with Crippen molar-refractivity contribution in [1.82, 2.24) is 24.5 Å². The molecule has 0 aliphatic rings. The Labute approximate surface area is 164 Å². The monoisotopic (exact) mass is 402 g/mol. The Morgan fingerprint density at radius 2 is 1.96 bits per heavy atom. The van der Waals surface area contributed by atoms with Crippen molar-refractivity contribution in [3.8, 4) is 0 Å². The molecular weight excluding hydrogens is 384 g/mol. The number of hydrogen-bond donors (Lipinski definition) is 1. The van der Waals surface area contributed by atoms with E-state index >= 15 is 0 Å². The van der Waals surface area contributed by atoms with Crippen LogP contribution in [0.5, 0.6) is 0 Å². The second-order valence-corrected chi connectivity index (χ2v) is 7.18. The molecule has 2 amide bonds. The minimum absolute atomic E-state index is 0.145. The largest absolute Gasteiger partial charge is 0.465 e. The van der Waals surface area contributed by atoms with Crippen molar-refractivity contribution in [3.63, 3.8) is 0 Å². The fraction of sp³-hybridized carbons (Fsp3) is 0.294. The Bertz CT molecular complexity index is 1100. The summed E-state index contributed by atoms with van der Waals surface area (Å²) >= 11 is 1.02. The highest BCUT2D eigenvalue weighted by Gasteiger charge is 2.27. The van der Waals surface area contributed by atoms with Gasteiger partial charge in [0.05, 0.1) is 17.6 Å². The van der Waals surface area contributed by atoms with Crippen molar-refractivity contribution in [2.75, 3.05) is 26.5 Å². The number of anilines is 1. The number of hydrogen-bond acceptors (Lipinski definition) is 8. The van der Waals surface area contributed by atoms with Gasteiger partial charge in [-0.1, -0.05) is 0 Å². The Balaban J connectivity index is 2.06. The van der Waals surface area contributed by atoms with Gasteiger partial charge in [-0.25, -0.2) is 9.78 Å². The molecule has 146 valence electrons. The van der Waals surface area contributed by atoms with Gasteiger partial charge in [-0.15, -0.1) is 11.3 Å². The van der Waals surface area contributed by atoms with Crippen LogP contribution < -0.4 is 5.32 Å². The number of methoxy groups -OCH3 is 1. The van der Waals surface area contributed by atoms with E-state index in [1.54, 1.807) is 34.0 Å². The van der Waals surface area contributed by atoms with E-state index in [4.69, 9.17) is 4.74 Å². The maximum absolute atomic E-state index is 12.9. The molecule has 0 saturated carbocycles. The lowest BCUT2D eigenvalue weighted by Crippen LogP contribution is -2.21. The average Bonchev–Trinajstić information content (AvgIpc) is 3.23. The van der Waals surface area contributed by atoms with Crippen molar-refractivity contribution in [1.29, 1.82) is 0 Å². The summed E-state index contributed by atoms with van der Waals surface area (Å²) in [5, 5.41) is 6.93. The zero-order chi connectivity index (χ0) is 20.6. The molecular formula is C17H18N6O4S. The zero-order valence-electron chi connectivity index (χ0n) is 15.9. The van der Waals surface area contributed by atoms with Gasteiger partial charge in [-0.2, -0.15) is 14.6 Å². The topological polar surface area (TPSA) is 119 Å². The Kier molecular flexibility index (Phi) is 5.10. The third-order valence-corrected chi connectivity index (χ3v) is 5.17. The van der Waals surface area contributed by atoms with E-state index in [2.05, 4.69) is 20.4 Å². The summed E-state index contributed by atoms with van der Waals surface area (Å²) in [7, 11) is 4.46. The predicted octanol–water partition coefficient (Wildman–Crippen LogP) is 1.54. The first-order valence-corrected chi connectivity index (χ1v) is 8.98. The summed E-state index contributed by atoms with van der Waals surface area (Å²) in [6.45, 7) is 3.37. The van der Waals surface area contributed by atoms with Crippen LogP contribution in [-0.2, 0) is 4.74 Å². The first-order chi connectivity index (χ1) is 13.2. The molecule has 3 rings (SSSR count). The summed E-state index contributed by atoms with van der Waals surface area (Å²) in [6.07, 6.45) is 1.29. The van der Waals surface area contributed by atoms with E-state index in [0.717, 1.165) is 11.3 Å². The number of nitrogens with zero attached hydrogens (tertiary/aromatic N) is 5. The van der Waals surface area contributed by atoms with Crippen molar-refractivity contribution in [2.24, 2.45) is 0 Å². The number of aromatic nitrogens is 4. The highest BCUT2D eigenvalue weighted by Crippen LogP contribution is 2.34. The normalized spacial score (nSPS) is 10.8. The van der Waals surface area contributed by atoms with E-state index < -0.39 is 11.9 Å². The SMILES string of the molecule is COC(=O)c1c(NC(=O)c2cc(C)nc3ncnn23)sc(C(=O)N(C)C)c1C. The third-order valence-electron chi connectivity index (χ3n) is 3.98. The van der Waals surface area contributed by atoms with Crippen LogP contribution in [-0.4, -0.2) is 63.5 Å². The Hall–Kier alpha value is -3.34. The molecule has 3 aromatic heterocycles. The van der Waals surface area contributed by atoms with Crippen molar-refractivity contribution in [2.45, 2.75) is 13.8 Å². The molecule has 3 heterocycles. The van der Waals surface area contributed by atoms with E-state index in [0.29, 0.717) is 16.1 Å². The van der Waals surface area contributed by atoms with Gasteiger partial charge >= 0.3 is 5.97 Å². The van der Waals surface area contributed by atoms with Gasteiger partial charge in [-0.05, 0) is 25.5 Å². The number of aryl methyl sites for hydroxylation is 1. The van der Waals surface area contributed by atoms with Crippen molar-refractivity contribution >= 4 is 39.9 Å². The second kappa shape index (κ2) is 7.35. The number of amides is 2. The lowest BCUT2D eigenvalue weighted by Gasteiger charge is -2.08. The second-order valence-electron chi connectivity index (χ2n) is 6.16. The number of carbonyl (C=O) groups is 3.